The van der Waals surface area contributed by atoms with Crippen LogP contribution in [0.25, 0.3) is 0 Å². The van der Waals surface area contributed by atoms with Crippen LogP contribution in [0, 0.1) is 21.8 Å². The second-order valence-corrected chi connectivity index (χ2v) is 3.72. The largest absolute Gasteiger partial charge is 0.305 e. The molecule has 1 unspecified atom stereocenters. The fourth-order valence-electron chi connectivity index (χ4n) is 1.34. The standard InChI is InChI=1S/C11H12FNO3/c1-7(8(2)14)6-9-4-3-5-10(11(9)12)13(15)16/h3-5,7H,6H2,1-2H3. The Hall–Kier alpha value is -1.78. The Balaban J connectivity index is 3.02. The Morgan fingerprint density at radius 1 is 1.56 bits per heavy atom. The van der Waals surface area contributed by atoms with Crippen LogP contribution in [0.15, 0.2) is 18.2 Å². The summed E-state index contributed by atoms with van der Waals surface area (Å²) in [5.74, 6) is -1.25. The molecule has 4 nitrogen and oxygen atoms in total. The molecule has 0 amide bonds. The van der Waals surface area contributed by atoms with E-state index in [1.54, 1.807) is 6.92 Å². The molecule has 1 aromatic carbocycles. The van der Waals surface area contributed by atoms with E-state index in [4.69, 9.17) is 0 Å². The quantitative estimate of drug-likeness (QED) is 0.584. The minimum Gasteiger partial charge on any atom is -0.300 e. The van der Waals surface area contributed by atoms with E-state index in [0.29, 0.717) is 0 Å². The zero-order valence-corrected chi connectivity index (χ0v) is 9.07. The van der Waals surface area contributed by atoms with Crippen molar-refractivity contribution >= 4 is 11.5 Å². The maximum absolute atomic E-state index is 13.6. The maximum atomic E-state index is 13.6. The van der Waals surface area contributed by atoms with Crippen molar-refractivity contribution in [3.05, 3.63) is 39.7 Å². The van der Waals surface area contributed by atoms with Gasteiger partial charge in [0.1, 0.15) is 5.78 Å². The van der Waals surface area contributed by atoms with Crippen LogP contribution in [-0.4, -0.2) is 10.7 Å². The summed E-state index contributed by atoms with van der Waals surface area (Å²) < 4.78 is 13.6. The molecule has 1 rings (SSSR count). The Morgan fingerprint density at radius 3 is 2.69 bits per heavy atom. The van der Waals surface area contributed by atoms with E-state index < -0.39 is 16.4 Å². The summed E-state index contributed by atoms with van der Waals surface area (Å²) in [6.45, 7) is 3.08. The molecule has 1 atom stereocenters. The number of ketones is 1. The molecule has 0 aliphatic carbocycles. The Kier molecular flexibility index (Phi) is 3.71. The van der Waals surface area contributed by atoms with Crippen molar-refractivity contribution in [2.75, 3.05) is 0 Å². The van der Waals surface area contributed by atoms with Gasteiger partial charge in [-0.3, -0.25) is 14.9 Å². The SMILES string of the molecule is CC(=O)C(C)Cc1cccc([N+](=O)[O-])c1F. The average Bonchev–Trinajstić information content (AvgIpc) is 2.20. The van der Waals surface area contributed by atoms with Gasteiger partial charge in [-0.2, -0.15) is 4.39 Å². The number of halogens is 1. The van der Waals surface area contributed by atoms with Crippen LogP contribution >= 0.6 is 0 Å². The lowest BCUT2D eigenvalue weighted by molar-refractivity contribution is -0.387. The van der Waals surface area contributed by atoms with Crippen molar-refractivity contribution in [3.63, 3.8) is 0 Å². The van der Waals surface area contributed by atoms with Gasteiger partial charge in [-0.1, -0.05) is 19.1 Å². The van der Waals surface area contributed by atoms with E-state index in [0.717, 1.165) is 6.07 Å². The van der Waals surface area contributed by atoms with Gasteiger partial charge in [0.25, 0.3) is 0 Å². The normalized spacial score (nSPS) is 12.2. The molecule has 0 saturated carbocycles. The number of hydrogen-bond acceptors (Lipinski definition) is 3. The summed E-state index contributed by atoms with van der Waals surface area (Å²) >= 11 is 0. The molecule has 16 heavy (non-hydrogen) atoms. The molecule has 0 heterocycles. The van der Waals surface area contributed by atoms with Crippen molar-refractivity contribution in [1.82, 2.24) is 0 Å². The predicted molar refractivity (Wildman–Crippen MR) is 56.6 cm³/mol. The second kappa shape index (κ2) is 4.83. The highest BCUT2D eigenvalue weighted by molar-refractivity contribution is 5.78. The molecule has 0 aliphatic heterocycles. The molecule has 1 aromatic rings. The second-order valence-electron chi connectivity index (χ2n) is 3.72. The molecule has 0 bridgehead atoms. The lowest BCUT2D eigenvalue weighted by atomic mass is 9.97. The zero-order chi connectivity index (χ0) is 12.3. The van der Waals surface area contributed by atoms with Gasteiger partial charge in [-0.15, -0.1) is 0 Å². The molecule has 0 aromatic heterocycles. The first-order valence-electron chi connectivity index (χ1n) is 4.85. The fourth-order valence-corrected chi connectivity index (χ4v) is 1.34. The van der Waals surface area contributed by atoms with Crippen molar-refractivity contribution < 1.29 is 14.1 Å². The highest BCUT2D eigenvalue weighted by atomic mass is 19.1. The monoisotopic (exact) mass is 225 g/mol. The van der Waals surface area contributed by atoms with E-state index in [1.807, 2.05) is 0 Å². The molecule has 0 spiro atoms. The van der Waals surface area contributed by atoms with Crippen molar-refractivity contribution in [3.8, 4) is 0 Å². The number of rotatable bonds is 4. The van der Waals surface area contributed by atoms with Crippen LogP contribution < -0.4 is 0 Å². The molecule has 5 heteroatoms. The van der Waals surface area contributed by atoms with Crippen LogP contribution in [-0.2, 0) is 11.2 Å². The minimum atomic E-state index is -0.847. The number of benzene rings is 1. The van der Waals surface area contributed by atoms with Gasteiger partial charge in [-0.05, 0) is 18.9 Å². The topological polar surface area (TPSA) is 60.2 Å². The molecule has 0 N–H and O–H groups in total. The number of hydrogen-bond donors (Lipinski definition) is 0. The lowest BCUT2D eigenvalue weighted by Gasteiger charge is -2.08. The van der Waals surface area contributed by atoms with E-state index in [9.17, 15) is 19.3 Å². The van der Waals surface area contributed by atoms with Crippen LogP contribution in [0.5, 0.6) is 0 Å². The van der Waals surface area contributed by atoms with Gasteiger partial charge in [0, 0.05) is 12.0 Å². The fraction of sp³-hybridized carbons (Fsp3) is 0.364. The number of Topliss-reactive ketones (excluding diaryl/α,β-unsaturated/α-hetero) is 1. The number of nitro groups is 1. The molecule has 0 saturated heterocycles. The third-order valence-electron chi connectivity index (χ3n) is 2.48. The van der Waals surface area contributed by atoms with Crippen molar-refractivity contribution in [2.45, 2.75) is 20.3 Å². The van der Waals surface area contributed by atoms with Gasteiger partial charge in [0.05, 0.1) is 4.92 Å². The number of nitro benzene ring substituents is 1. The lowest BCUT2D eigenvalue weighted by Crippen LogP contribution is -2.11. The summed E-state index contributed by atoms with van der Waals surface area (Å²) in [5, 5.41) is 10.5. The van der Waals surface area contributed by atoms with Gasteiger partial charge >= 0.3 is 5.69 Å². The van der Waals surface area contributed by atoms with E-state index in [2.05, 4.69) is 0 Å². The first kappa shape index (κ1) is 12.3. The maximum Gasteiger partial charge on any atom is 0.305 e. The van der Waals surface area contributed by atoms with E-state index >= 15 is 0 Å². The third kappa shape index (κ3) is 2.62. The van der Waals surface area contributed by atoms with Gasteiger partial charge in [0.15, 0.2) is 0 Å². The van der Waals surface area contributed by atoms with Gasteiger partial charge in [-0.25, -0.2) is 0 Å². The van der Waals surface area contributed by atoms with Crippen LogP contribution in [0.2, 0.25) is 0 Å². The summed E-state index contributed by atoms with van der Waals surface area (Å²) in [6, 6.07) is 3.99. The minimum absolute atomic E-state index is 0.0640. The molecule has 0 aliphatic rings. The smallest absolute Gasteiger partial charge is 0.300 e. The first-order chi connectivity index (χ1) is 7.43. The molecule has 0 radical (unpaired) electrons. The van der Waals surface area contributed by atoms with E-state index in [-0.39, 0.29) is 23.7 Å². The Bertz CT molecular complexity index is 431. The summed E-state index contributed by atoms with van der Waals surface area (Å²) in [5.41, 5.74) is -0.342. The average molecular weight is 225 g/mol. The Morgan fingerprint density at radius 2 is 2.19 bits per heavy atom. The molecular formula is C11H12FNO3. The van der Waals surface area contributed by atoms with Crippen LogP contribution in [0.3, 0.4) is 0 Å². The predicted octanol–water partition coefficient (Wildman–Crippen LogP) is 2.50. The zero-order valence-electron chi connectivity index (χ0n) is 9.07. The van der Waals surface area contributed by atoms with Gasteiger partial charge in [0.2, 0.25) is 5.82 Å². The highest BCUT2D eigenvalue weighted by Crippen LogP contribution is 2.22. The number of carbonyl (C=O) groups excluding carboxylic acids is 1. The Labute approximate surface area is 92.2 Å². The van der Waals surface area contributed by atoms with Gasteiger partial charge < -0.3 is 0 Å². The first-order valence-corrected chi connectivity index (χ1v) is 4.85. The molecular weight excluding hydrogens is 213 g/mol. The third-order valence-corrected chi connectivity index (χ3v) is 2.48. The highest BCUT2D eigenvalue weighted by Gasteiger charge is 2.19. The summed E-state index contributed by atoms with van der Waals surface area (Å²) in [6.07, 6.45) is 0.183. The summed E-state index contributed by atoms with van der Waals surface area (Å²) in [7, 11) is 0. The van der Waals surface area contributed by atoms with Crippen LogP contribution in [0.1, 0.15) is 19.4 Å². The van der Waals surface area contributed by atoms with Crippen LogP contribution in [0.4, 0.5) is 10.1 Å². The summed E-state index contributed by atoms with van der Waals surface area (Å²) in [4.78, 5) is 20.7. The number of carbonyl (C=O) groups is 1. The van der Waals surface area contributed by atoms with E-state index in [1.165, 1.54) is 19.1 Å². The molecule has 0 fully saturated rings. The number of nitrogens with zero attached hydrogens (tertiary/aromatic N) is 1. The van der Waals surface area contributed by atoms with Crippen molar-refractivity contribution in [1.29, 1.82) is 0 Å². The van der Waals surface area contributed by atoms with Crippen molar-refractivity contribution in [2.24, 2.45) is 5.92 Å². The molecule has 86 valence electrons.